The molecule has 0 aromatic rings. The molecule has 2 aliphatic heterocycles. The van der Waals surface area contributed by atoms with Gasteiger partial charge in [-0.05, 0) is 52.9 Å². The van der Waals surface area contributed by atoms with Gasteiger partial charge in [0.1, 0.15) is 0 Å². The molecule has 25 heavy (non-hydrogen) atoms. The highest BCUT2D eigenvalue weighted by molar-refractivity contribution is 4.89. The summed E-state index contributed by atoms with van der Waals surface area (Å²) in [5, 5.41) is 0. The zero-order valence-electron chi connectivity index (χ0n) is 17.6. The van der Waals surface area contributed by atoms with Crippen LogP contribution in [0.5, 0.6) is 0 Å². The summed E-state index contributed by atoms with van der Waals surface area (Å²) in [4.78, 5) is 0. The SMILES string of the molecule is CCC1(COC(C)(C)CC(C)C(C)(C)OCC2(CC)COC2)COC1. The van der Waals surface area contributed by atoms with Gasteiger partial charge in [-0.3, -0.25) is 0 Å². The molecule has 0 aromatic carbocycles. The third-order valence-corrected chi connectivity index (χ3v) is 6.64. The van der Waals surface area contributed by atoms with Gasteiger partial charge in [0.15, 0.2) is 0 Å². The number of hydrogen-bond acceptors (Lipinski definition) is 4. The van der Waals surface area contributed by atoms with Crippen LogP contribution < -0.4 is 0 Å². The highest BCUT2D eigenvalue weighted by Gasteiger charge is 2.42. The standard InChI is InChI=1S/C21H40O4/c1-8-20(11-22-12-20)15-24-18(4,5)10-17(3)19(6,7)25-16-21(9-2)13-23-14-21/h17H,8-16H2,1-7H3. The fraction of sp³-hybridized carbons (Fsp3) is 1.00. The maximum Gasteiger partial charge on any atom is 0.0653 e. The van der Waals surface area contributed by atoms with Crippen molar-refractivity contribution in [3.05, 3.63) is 0 Å². The normalized spacial score (nSPS) is 23.6. The monoisotopic (exact) mass is 356 g/mol. The molecule has 148 valence electrons. The Balaban J connectivity index is 1.82. The first-order chi connectivity index (χ1) is 11.6. The third kappa shape index (κ3) is 5.18. The summed E-state index contributed by atoms with van der Waals surface area (Å²) >= 11 is 0. The topological polar surface area (TPSA) is 36.9 Å². The third-order valence-electron chi connectivity index (χ3n) is 6.64. The number of ether oxygens (including phenoxy) is 4. The quantitative estimate of drug-likeness (QED) is 0.548. The molecule has 2 heterocycles. The smallest absolute Gasteiger partial charge is 0.0653 e. The lowest BCUT2D eigenvalue weighted by atomic mass is 9.81. The van der Waals surface area contributed by atoms with Crippen molar-refractivity contribution in [1.29, 1.82) is 0 Å². The molecule has 0 bridgehead atoms. The largest absolute Gasteiger partial charge is 0.380 e. The summed E-state index contributed by atoms with van der Waals surface area (Å²) in [5.74, 6) is 0.410. The maximum atomic E-state index is 6.38. The van der Waals surface area contributed by atoms with Crippen molar-refractivity contribution in [1.82, 2.24) is 0 Å². The van der Waals surface area contributed by atoms with Crippen LogP contribution in [0.4, 0.5) is 0 Å². The van der Waals surface area contributed by atoms with Gasteiger partial charge >= 0.3 is 0 Å². The molecule has 1 unspecified atom stereocenters. The van der Waals surface area contributed by atoms with Crippen molar-refractivity contribution >= 4 is 0 Å². The second kappa shape index (κ2) is 7.84. The minimum absolute atomic E-state index is 0.153. The van der Waals surface area contributed by atoms with Crippen molar-refractivity contribution in [3.63, 3.8) is 0 Å². The first-order valence-electron chi connectivity index (χ1n) is 10.0. The molecule has 2 rings (SSSR count). The molecule has 0 amide bonds. The average molecular weight is 357 g/mol. The summed E-state index contributed by atoms with van der Waals surface area (Å²) in [5.41, 5.74) is 0.158. The van der Waals surface area contributed by atoms with E-state index in [4.69, 9.17) is 18.9 Å². The van der Waals surface area contributed by atoms with Crippen LogP contribution in [-0.4, -0.2) is 50.8 Å². The predicted molar refractivity (Wildman–Crippen MR) is 101 cm³/mol. The molecule has 0 saturated carbocycles. The van der Waals surface area contributed by atoms with Crippen LogP contribution in [-0.2, 0) is 18.9 Å². The lowest BCUT2D eigenvalue weighted by molar-refractivity contribution is -0.195. The molecular formula is C21H40O4. The Morgan fingerprint density at radius 1 is 0.840 bits per heavy atom. The fourth-order valence-electron chi connectivity index (χ4n) is 3.43. The van der Waals surface area contributed by atoms with Gasteiger partial charge in [-0.15, -0.1) is 0 Å². The molecule has 0 N–H and O–H groups in total. The molecule has 4 nitrogen and oxygen atoms in total. The van der Waals surface area contributed by atoms with E-state index >= 15 is 0 Å². The van der Waals surface area contributed by atoms with E-state index in [0.717, 1.165) is 58.9 Å². The van der Waals surface area contributed by atoms with Crippen LogP contribution in [0, 0.1) is 16.7 Å². The van der Waals surface area contributed by atoms with Crippen LogP contribution in [0.1, 0.15) is 67.7 Å². The molecule has 2 fully saturated rings. The van der Waals surface area contributed by atoms with E-state index in [0.29, 0.717) is 5.92 Å². The van der Waals surface area contributed by atoms with Crippen LogP contribution in [0.2, 0.25) is 0 Å². The van der Waals surface area contributed by atoms with Crippen molar-refractivity contribution in [2.24, 2.45) is 16.7 Å². The Hall–Kier alpha value is -0.160. The Labute approximate surface area is 154 Å². The molecule has 2 saturated heterocycles. The van der Waals surface area contributed by atoms with Crippen molar-refractivity contribution < 1.29 is 18.9 Å². The van der Waals surface area contributed by atoms with Gasteiger partial charge in [0.2, 0.25) is 0 Å². The number of hydrogen-bond donors (Lipinski definition) is 0. The fourth-order valence-corrected chi connectivity index (χ4v) is 3.43. The van der Waals surface area contributed by atoms with E-state index < -0.39 is 0 Å². The Morgan fingerprint density at radius 2 is 1.28 bits per heavy atom. The highest BCUT2D eigenvalue weighted by Crippen LogP contribution is 2.38. The second-order valence-electron chi connectivity index (χ2n) is 9.74. The molecule has 0 aromatic heterocycles. The summed E-state index contributed by atoms with van der Waals surface area (Å²) in [6.07, 6.45) is 3.22. The van der Waals surface area contributed by atoms with Gasteiger partial charge in [-0.2, -0.15) is 0 Å². The summed E-state index contributed by atoms with van der Waals surface area (Å²) < 4.78 is 23.5. The molecular weight excluding hydrogens is 316 g/mol. The lowest BCUT2D eigenvalue weighted by Gasteiger charge is -2.45. The minimum Gasteiger partial charge on any atom is -0.380 e. The maximum absolute atomic E-state index is 6.38. The van der Waals surface area contributed by atoms with Gasteiger partial charge in [-0.1, -0.05) is 20.8 Å². The molecule has 0 spiro atoms. The van der Waals surface area contributed by atoms with Crippen LogP contribution >= 0.6 is 0 Å². The first-order valence-corrected chi connectivity index (χ1v) is 10.0. The molecule has 1 atom stereocenters. The Morgan fingerprint density at radius 3 is 1.64 bits per heavy atom. The van der Waals surface area contributed by atoms with Gasteiger partial charge in [0.05, 0.1) is 50.8 Å². The van der Waals surface area contributed by atoms with E-state index in [1.165, 1.54) is 0 Å². The lowest BCUT2D eigenvalue weighted by Crippen LogP contribution is -2.50. The van der Waals surface area contributed by atoms with E-state index in [1.807, 2.05) is 0 Å². The zero-order valence-corrected chi connectivity index (χ0v) is 17.6. The summed E-state index contributed by atoms with van der Waals surface area (Å²) in [7, 11) is 0. The van der Waals surface area contributed by atoms with Gasteiger partial charge in [0.25, 0.3) is 0 Å². The van der Waals surface area contributed by atoms with Crippen molar-refractivity contribution in [2.75, 3.05) is 39.6 Å². The van der Waals surface area contributed by atoms with E-state index in [-0.39, 0.29) is 22.0 Å². The predicted octanol–water partition coefficient (Wildman–Crippen LogP) is 4.46. The van der Waals surface area contributed by atoms with E-state index in [9.17, 15) is 0 Å². The van der Waals surface area contributed by atoms with Gasteiger partial charge in [0, 0.05) is 10.8 Å². The van der Waals surface area contributed by atoms with Crippen LogP contribution in [0.3, 0.4) is 0 Å². The minimum atomic E-state index is -0.166. The van der Waals surface area contributed by atoms with E-state index in [2.05, 4.69) is 48.5 Å². The van der Waals surface area contributed by atoms with Crippen LogP contribution in [0.25, 0.3) is 0 Å². The average Bonchev–Trinajstić information content (AvgIpc) is 2.45. The molecule has 2 aliphatic rings. The Bertz CT molecular complexity index is 411. The van der Waals surface area contributed by atoms with Crippen molar-refractivity contribution in [3.8, 4) is 0 Å². The summed E-state index contributed by atoms with van der Waals surface area (Å²) in [6.45, 7) is 20.5. The first kappa shape index (κ1) is 21.1. The number of rotatable bonds is 11. The van der Waals surface area contributed by atoms with Crippen molar-refractivity contribution in [2.45, 2.75) is 78.9 Å². The van der Waals surface area contributed by atoms with E-state index in [1.54, 1.807) is 0 Å². The molecule has 0 aliphatic carbocycles. The highest BCUT2D eigenvalue weighted by atomic mass is 16.5. The molecule has 4 heteroatoms. The second-order valence-corrected chi connectivity index (χ2v) is 9.74. The van der Waals surface area contributed by atoms with Gasteiger partial charge in [-0.25, -0.2) is 0 Å². The van der Waals surface area contributed by atoms with Gasteiger partial charge < -0.3 is 18.9 Å². The molecule has 0 radical (unpaired) electrons. The van der Waals surface area contributed by atoms with Crippen LogP contribution in [0.15, 0.2) is 0 Å². The zero-order chi connectivity index (χ0) is 18.8. The Kier molecular flexibility index (Phi) is 6.63. The summed E-state index contributed by atoms with van der Waals surface area (Å²) in [6, 6.07) is 0.